The molecule has 0 saturated carbocycles. The Bertz CT molecular complexity index is 540. The van der Waals surface area contributed by atoms with Crippen LogP contribution in [0.4, 0.5) is 5.69 Å². The van der Waals surface area contributed by atoms with Crippen LogP contribution in [-0.4, -0.2) is 27.4 Å². The van der Waals surface area contributed by atoms with Crippen molar-refractivity contribution >= 4 is 23.3 Å². The predicted molar refractivity (Wildman–Crippen MR) is 69.1 cm³/mol. The monoisotopic (exact) mass is 265 g/mol. The fourth-order valence-electron chi connectivity index (χ4n) is 1.59. The summed E-state index contributed by atoms with van der Waals surface area (Å²) in [6.45, 7) is 1.22. The largest absolute Gasteiger partial charge is 0.478 e. The van der Waals surface area contributed by atoms with Gasteiger partial charge in [0.1, 0.15) is 0 Å². The number of aromatic nitrogens is 2. The third-order valence-corrected chi connectivity index (χ3v) is 2.66. The normalized spacial score (nSPS) is 10.3. The van der Waals surface area contributed by atoms with Crippen molar-refractivity contribution in [3.05, 3.63) is 47.2 Å². The Labute approximate surface area is 109 Å². The molecular weight excluding hydrogens is 254 g/mol. The van der Waals surface area contributed by atoms with Crippen molar-refractivity contribution in [2.75, 3.05) is 11.9 Å². The number of anilines is 1. The zero-order valence-corrected chi connectivity index (χ0v) is 10.3. The first kappa shape index (κ1) is 12.4. The van der Waals surface area contributed by atoms with Gasteiger partial charge in [0, 0.05) is 24.0 Å². The molecule has 0 atom stereocenters. The molecule has 1 aromatic heterocycles. The molecule has 0 aliphatic rings. The third-order valence-electron chi connectivity index (χ3n) is 2.43. The molecule has 0 spiro atoms. The molecule has 0 fully saturated rings. The van der Waals surface area contributed by atoms with Gasteiger partial charge < -0.3 is 10.4 Å². The second-order valence-corrected chi connectivity index (χ2v) is 4.13. The number of carbonyl (C=O) groups is 1. The highest BCUT2D eigenvalue weighted by atomic mass is 35.5. The van der Waals surface area contributed by atoms with Gasteiger partial charge in [-0.3, -0.25) is 4.68 Å². The number of hydrogen-bond donors (Lipinski definition) is 2. The smallest absolute Gasteiger partial charge is 0.337 e. The van der Waals surface area contributed by atoms with E-state index < -0.39 is 5.97 Å². The minimum Gasteiger partial charge on any atom is -0.478 e. The maximum absolute atomic E-state index is 11.0. The molecule has 0 radical (unpaired) electrons. The predicted octanol–water partition coefficient (Wildman–Crippen LogP) is 2.35. The Morgan fingerprint density at radius 3 is 3.00 bits per heavy atom. The Morgan fingerprint density at radius 2 is 2.33 bits per heavy atom. The standard InChI is InChI=1S/C12H12ClN3O2/c13-9-2-3-10(12(17)18)11(8-9)14-5-7-16-6-1-4-15-16/h1-4,6,8,14H,5,7H2,(H,17,18). The molecule has 6 heteroatoms. The number of nitrogens with one attached hydrogen (secondary N) is 1. The molecule has 0 amide bonds. The second kappa shape index (κ2) is 5.55. The van der Waals surface area contributed by atoms with Gasteiger partial charge >= 0.3 is 5.97 Å². The van der Waals surface area contributed by atoms with Crippen LogP contribution < -0.4 is 5.32 Å². The number of nitrogens with zero attached hydrogens (tertiary/aromatic N) is 2. The fourth-order valence-corrected chi connectivity index (χ4v) is 1.76. The minimum atomic E-state index is -0.978. The highest BCUT2D eigenvalue weighted by molar-refractivity contribution is 6.31. The van der Waals surface area contributed by atoms with Crippen LogP contribution in [0, 0.1) is 0 Å². The fraction of sp³-hybridized carbons (Fsp3) is 0.167. The van der Waals surface area contributed by atoms with Gasteiger partial charge in [-0.05, 0) is 24.3 Å². The zero-order chi connectivity index (χ0) is 13.0. The third kappa shape index (κ3) is 3.01. The lowest BCUT2D eigenvalue weighted by atomic mass is 10.2. The quantitative estimate of drug-likeness (QED) is 0.871. The zero-order valence-electron chi connectivity index (χ0n) is 9.51. The number of halogens is 1. The Balaban J connectivity index is 2.03. The number of aromatic carboxylic acids is 1. The van der Waals surface area contributed by atoms with Crippen LogP contribution in [0.3, 0.4) is 0 Å². The molecule has 18 heavy (non-hydrogen) atoms. The lowest BCUT2D eigenvalue weighted by Crippen LogP contribution is -2.13. The highest BCUT2D eigenvalue weighted by Crippen LogP contribution is 2.20. The van der Waals surface area contributed by atoms with Gasteiger partial charge in [0.05, 0.1) is 17.8 Å². The molecule has 2 N–H and O–H groups in total. The van der Waals surface area contributed by atoms with E-state index in [0.29, 0.717) is 23.8 Å². The summed E-state index contributed by atoms with van der Waals surface area (Å²) in [7, 11) is 0. The van der Waals surface area contributed by atoms with Crippen LogP contribution in [0.5, 0.6) is 0 Å². The molecule has 94 valence electrons. The summed E-state index contributed by atoms with van der Waals surface area (Å²) in [5.74, 6) is -0.978. The molecule has 2 rings (SSSR count). The molecule has 1 heterocycles. The highest BCUT2D eigenvalue weighted by Gasteiger charge is 2.09. The Hall–Kier alpha value is -2.01. The van der Waals surface area contributed by atoms with E-state index in [-0.39, 0.29) is 5.56 Å². The minimum absolute atomic E-state index is 0.208. The molecule has 0 aliphatic heterocycles. The van der Waals surface area contributed by atoms with Crippen molar-refractivity contribution in [2.45, 2.75) is 6.54 Å². The van der Waals surface area contributed by atoms with E-state index in [1.165, 1.54) is 6.07 Å². The van der Waals surface area contributed by atoms with Crippen molar-refractivity contribution in [1.29, 1.82) is 0 Å². The van der Waals surface area contributed by atoms with Crippen LogP contribution >= 0.6 is 11.6 Å². The van der Waals surface area contributed by atoms with Gasteiger partial charge in [0.2, 0.25) is 0 Å². The number of carboxylic acids is 1. The van der Waals surface area contributed by atoms with Gasteiger partial charge in [-0.2, -0.15) is 5.10 Å². The first-order chi connectivity index (χ1) is 8.66. The summed E-state index contributed by atoms with van der Waals surface area (Å²) in [4.78, 5) is 11.0. The molecule has 1 aromatic carbocycles. The number of rotatable bonds is 5. The van der Waals surface area contributed by atoms with Crippen molar-refractivity contribution in [3.63, 3.8) is 0 Å². The summed E-state index contributed by atoms with van der Waals surface area (Å²) < 4.78 is 1.76. The van der Waals surface area contributed by atoms with Gasteiger partial charge in [0.25, 0.3) is 0 Å². The summed E-state index contributed by atoms with van der Waals surface area (Å²) >= 11 is 5.85. The first-order valence-corrected chi connectivity index (χ1v) is 5.79. The van der Waals surface area contributed by atoms with Crippen LogP contribution in [0.1, 0.15) is 10.4 Å². The Morgan fingerprint density at radius 1 is 1.50 bits per heavy atom. The van der Waals surface area contributed by atoms with E-state index in [0.717, 1.165) is 0 Å². The average molecular weight is 266 g/mol. The van der Waals surface area contributed by atoms with Crippen LogP contribution in [0.15, 0.2) is 36.7 Å². The molecular formula is C12H12ClN3O2. The van der Waals surface area contributed by atoms with E-state index in [2.05, 4.69) is 10.4 Å². The maximum atomic E-state index is 11.0. The summed E-state index contributed by atoms with van der Waals surface area (Å²) in [6.07, 6.45) is 3.54. The summed E-state index contributed by atoms with van der Waals surface area (Å²) in [6, 6.07) is 6.49. The van der Waals surface area contributed by atoms with Crippen molar-refractivity contribution in [3.8, 4) is 0 Å². The van der Waals surface area contributed by atoms with Crippen LogP contribution in [0.25, 0.3) is 0 Å². The molecule has 2 aromatic rings. The van der Waals surface area contributed by atoms with E-state index in [4.69, 9.17) is 16.7 Å². The average Bonchev–Trinajstić information content (AvgIpc) is 2.82. The molecule has 0 bridgehead atoms. The van der Waals surface area contributed by atoms with Crippen molar-refractivity contribution < 1.29 is 9.90 Å². The lowest BCUT2D eigenvalue weighted by molar-refractivity contribution is 0.0698. The van der Waals surface area contributed by atoms with Gasteiger partial charge in [-0.15, -0.1) is 0 Å². The van der Waals surface area contributed by atoms with Gasteiger partial charge in [-0.25, -0.2) is 4.79 Å². The summed E-state index contributed by atoms with van der Waals surface area (Å²) in [5, 5.41) is 16.6. The van der Waals surface area contributed by atoms with E-state index in [9.17, 15) is 4.79 Å². The SMILES string of the molecule is O=C(O)c1ccc(Cl)cc1NCCn1cccn1. The Kier molecular flexibility index (Phi) is 3.84. The molecule has 0 unspecified atom stereocenters. The van der Waals surface area contributed by atoms with Crippen LogP contribution in [-0.2, 0) is 6.54 Å². The van der Waals surface area contributed by atoms with Crippen molar-refractivity contribution in [2.24, 2.45) is 0 Å². The second-order valence-electron chi connectivity index (χ2n) is 3.69. The van der Waals surface area contributed by atoms with Crippen molar-refractivity contribution in [1.82, 2.24) is 9.78 Å². The number of carboxylic acid groups (broad SMARTS) is 1. The van der Waals surface area contributed by atoms with Gasteiger partial charge in [0.15, 0.2) is 0 Å². The van der Waals surface area contributed by atoms with E-state index in [1.807, 2.05) is 12.3 Å². The molecule has 5 nitrogen and oxygen atoms in total. The number of hydrogen-bond acceptors (Lipinski definition) is 3. The lowest BCUT2D eigenvalue weighted by Gasteiger charge is -2.10. The molecule has 0 saturated heterocycles. The van der Waals surface area contributed by atoms with Crippen LogP contribution in [0.2, 0.25) is 5.02 Å². The first-order valence-electron chi connectivity index (χ1n) is 5.41. The van der Waals surface area contributed by atoms with Gasteiger partial charge in [-0.1, -0.05) is 11.6 Å². The van der Waals surface area contributed by atoms with E-state index >= 15 is 0 Å². The van der Waals surface area contributed by atoms with E-state index in [1.54, 1.807) is 23.0 Å². The topological polar surface area (TPSA) is 67.2 Å². The maximum Gasteiger partial charge on any atom is 0.337 e. The summed E-state index contributed by atoms with van der Waals surface area (Å²) in [5.41, 5.74) is 0.724. The number of benzene rings is 1. The molecule has 0 aliphatic carbocycles.